The Hall–Kier alpha value is -1.55. The molecule has 1 unspecified atom stereocenters. The fourth-order valence-corrected chi connectivity index (χ4v) is 2.02. The number of nitrogens with zero attached hydrogens (tertiary/aromatic N) is 2. The third-order valence-electron chi connectivity index (χ3n) is 2.97. The van der Waals surface area contributed by atoms with Gasteiger partial charge < -0.3 is 10.5 Å². The summed E-state index contributed by atoms with van der Waals surface area (Å²) in [6, 6.07) is 5.83. The average Bonchev–Trinajstić information content (AvgIpc) is 2.73. The molecule has 17 heavy (non-hydrogen) atoms. The number of ether oxygens (including phenoxy) is 1. The molecule has 92 valence electrons. The van der Waals surface area contributed by atoms with E-state index in [1.807, 2.05) is 29.1 Å². The number of hydrogen-bond donors (Lipinski definition) is 1. The number of nitrogen functional groups attached to an aromatic ring is 1. The van der Waals surface area contributed by atoms with E-state index in [1.165, 1.54) is 0 Å². The lowest BCUT2D eigenvalue weighted by Crippen LogP contribution is -2.12. The highest BCUT2D eigenvalue weighted by atomic mass is 16.5. The molecule has 2 N–H and O–H groups in total. The molecule has 0 aliphatic carbocycles. The summed E-state index contributed by atoms with van der Waals surface area (Å²) in [6.45, 7) is 2.18. The van der Waals surface area contributed by atoms with Gasteiger partial charge in [0.15, 0.2) is 0 Å². The quantitative estimate of drug-likeness (QED) is 0.808. The highest BCUT2D eigenvalue weighted by molar-refractivity contribution is 5.81. The Bertz CT molecular complexity index is 492. The number of rotatable bonds is 5. The molecule has 2 rings (SSSR count). The van der Waals surface area contributed by atoms with Gasteiger partial charge >= 0.3 is 0 Å². The average molecular weight is 233 g/mol. The smallest absolute Gasteiger partial charge is 0.150 e. The van der Waals surface area contributed by atoms with Crippen molar-refractivity contribution in [2.24, 2.45) is 0 Å². The molecule has 0 fully saturated rings. The summed E-state index contributed by atoms with van der Waals surface area (Å²) in [4.78, 5) is 0. The van der Waals surface area contributed by atoms with Crippen LogP contribution in [0.3, 0.4) is 0 Å². The lowest BCUT2D eigenvalue weighted by Gasteiger charge is -2.16. The summed E-state index contributed by atoms with van der Waals surface area (Å²) in [5, 5.41) is 5.46. The van der Waals surface area contributed by atoms with Gasteiger partial charge in [0.25, 0.3) is 0 Å². The molecule has 0 aliphatic heterocycles. The second-order valence-electron chi connectivity index (χ2n) is 4.24. The Kier molecular flexibility index (Phi) is 3.64. The molecule has 0 saturated carbocycles. The molecule has 1 aromatic carbocycles. The SMILES string of the molecule is CCCCC(OC)n1ncc2cc(N)ccc21. The Balaban J connectivity index is 2.33. The van der Waals surface area contributed by atoms with Crippen molar-refractivity contribution < 1.29 is 4.74 Å². The maximum atomic E-state index is 5.75. The van der Waals surface area contributed by atoms with E-state index in [0.29, 0.717) is 0 Å². The van der Waals surface area contributed by atoms with E-state index in [9.17, 15) is 0 Å². The third-order valence-corrected chi connectivity index (χ3v) is 2.97. The van der Waals surface area contributed by atoms with Gasteiger partial charge in [-0.05, 0) is 31.0 Å². The summed E-state index contributed by atoms with van der Waals surface area (Å²) in [7, 11) is 1.73. The van der Waals surface area contributed by atoms with E-state index in [0.717, 1.165) is 35.9 Å². The van der Waals surface area contributed by atoms with Gasteiger partial charge in [-0.3, -0.25) is 0 Å². The molecule has 0 amide bonds. The van der Waals surface area contributed by atoms with Crippen LogP contribution >= 0.6 is 0 Å². The maximum Gasteiger partial charge on any atom is 0.150 e. The molecule has 4 heteroatoms. The Morgan fingerprint density at radius 2 is 2.29 bits per heavy atom. The van der Waals surface area contributed by atoms with E-state index >= 15 is 0 Å². The lowest BCUT2D eigenvalue weighted by molar-refractivity contribution is 0.0288. The van der Waals surface area contributed by atoms with E-state index < -0.39 is 0 Å². The fourth-order valence-electron chi connectivity index (χ4n) is 2.02. The molecule has 0 aliphatic rings. The second kappa shape index (κ2) is 5.19. The number of unbranched alkanes of at least 4 members (excludes halogenated alkanes) is 1. The summed E-state index contributed by atoms with van der Waals surface area (Å²) in [5.41, 5.74) is 7.59. The van der Waals surface area contributed by atoms with Crippen molar-refractivity contribution >= 4 is 16.6 Å². The van der Waals surface area contributed by atoms with Crippen LogP contribution in [-0.4, -0.2) is 16.9 Å². The minimum absolute atomic E-state index is 0.0103. The van der Waals surface area contributed by atoms with E-state index in [-0.39, 0.29) is 6.23 Å². The second-order valence-corrected chi connectivity index (χ2v) is 4.24. The van der Waals surface area contributed by atoms with Crippen LogP contribution in [0.15, 0.2) is 24.4 Å². The molecule has 2 aromatic rings. The van der Waals surface area contributed by atoms with Crippen molar-refractivity contribution in [2.45, 2.75) is 32.4 Å². The number of anilines is 1. The Morgan fingerprint density at radius 3 is 3.00 bits per heavy atom. The van der Waals surface area contributed by atoms with Crippen LogP contribution in [-0.2, 0) is 4.74 Å². The number of nitrogens with two attached hydrogens (primary N) is 1. The molecule has 4 nitrogen and oxygen atoms in total. The molecule has 0 saturated heterocycles. The third kappa shape index (κ3) is 2.42. The van der Waals surface area contributed by atoms with Gasteiger partial charge in [-0.15, -0.1) is 0 Å². The van der Waals surface area contributed by atoms with Crippen molar-refractivity contribution in [2.75, 3.05) is 12.8 Å². The van der Waals surface area contributed by atoms with Crippen LogP contribution in [0, 0.1) is 0 Å². The highest BCUT2D eigenvalue weighted by Gasteiger charge is 2.13. The minimum atomic E-state index is 0.0103. The largest absolute Gasteiger partial charge is 0.399 e. The van der Waals surface area contributed by atoms with Gasteiger partial charge in [0, 0.05) is 18.2 Å². The van der Waals surface area contributed by atoms with E-state index in [1.54, 1.807) is 7.11 Å². The number of benzene rings is 1. The van der Waals surface area contributed by atoms with Crippen LogP contribution in [0.5, 0.6) is 0 Å². The monoisotopic (exact) mass is 233 g/mol. The van der Waals surface area contributed by atoms with Crippen molar-refractivity contribution in [3.63, 3.8) is 0 Å². The first-order valence-electron chi connectivity index (χ1n) is 6.01. The zero-order chi connectivity index (χ0) is 12.3. The van der Waals surface area contributed by atoms with Crippen LogP contribution in [0.4, 0.5) is 5.69 Å². The molecule has 0 bridgehead atoms. The number of hydrogen-bond acceptors (Lipinski definition) is 3. The molecular weight excluding hydrogens is 214 g/mol. The fraction of sp³-hybridized carbons (Fsp3) is 0.462. The zero-order valence-electron chi connectivity index (χ0n) is 10.4. The van der Waals surface area contributed by atoms with E-state index in [4.69, 9.17) is 10.5 Å². The molecular formula is C13H19N3O. The highest BCUT2D eigenvalue weighted by Crippen LogP contribution is 2.23. The van der Waals surface area contributed by atoms with Crippen molar-refractivity contribution in [3.8, 4) is 0 Å². The molecule has 0 spiro atoms. The van der Waals surface area contributed by atoms with Gasteiger partial charge in [0.2, 0.25) is 0 Å². The topological polar surface area (TPSA) is 53.1 Å². The predicted octanol–water partition coefficient (Wildman–Crippen LogP) is 2.95. The Morgan fingerprint density at radius 1 is 1.47 bits per heavy atom. The van der Waals surface area contributed by atoms with Crippen molar-refractivity contribution in [1.29, 1.82) is 0 Å². The van der Waals surface area contributed by atoms with Crippen molar-refractivity contribution in [3.05, 3.63) is 24.4 Å². The number of fused-ring (bicyclic) bond motifs is 1. The van der Waals surface area contributed by atoms with Crippen molar-refractivity contribution in [1.82, 2.24) is 9.78 Å². The normalized spacial score (nSPS) is 13.1. The van der Waals surface area contributed by atoms with Gasteiger partial charge in [0.05, 0.1) is 11.7 Å². The van der Waals surface area contributed by atoms with Crippen LogP contribution < -0.4 is 5.73 Å². The first kappa shape index (κ1) is 11.9. The molecule has 1 atom stereocenters. The zero-order valence-corrected chi connectivity index (χ0v) is 10.4. The van der Waals surface area contributed by atoms with Crippen LogP contribution in [0.2, 0.25) is 0 Å². The number of methoxy groups -OCH3 is 1. The predicted molar refractivity (Wildman–Crippen MR) is 69.7 cm³/mol. The molecule has 1 heterocycles. The summed E-state index contributed by atoms with van der Waals surface area (Å²) >= 11 is 0. The summed E-state index contributed by atoms with van der Waals surface area (Å²) in [6.07, 6.45) is 5.12. The molecule has 0 radical (unpaired) electrons. The first-order chi connectivity index (χ1) is 8.26. The van der Waals surface area contributed by atoms with Gasteiger partial charge in [-0.2, -0.15) is 5.10 Å². The van der Waals surface area contributed by atoms with Gasteiger partial charge in [-0.25, -0.2) is 4.68 Å². The first-order valence-corrected chi connectivity index (χ1v) is 6.01. The minimum Gasteiger partial charge on any atom is -0.399 e. The van der Waals surface area contributed by atoms with Crippen LogP contribution in [0.25, 0.3) is 10.9 Å². The van der Waals surface area contributed by atoms with E-state index in [2.05, 4.69) is 12.0 Å². The van der Waals surface area contributed by atoms with Crippen LogP contribution in [0.1, 0.15) is 32.4 Å². The lowest BCUT2D eigenvalue weighted by atomic mass is 10.2. The molecule has 1 aromatic heterocycles. The summed E-state index contributed by atoms with van der Waals surface area (Å²) < 4.78 is 7.44. The maximum absolute atomic E-state index is 5.75. The summed E-state index contributed by atoms with van der Waals surface area (Å²) in [5.74, 6) is 0. The van der Waals surface area contributed by atoms with Gasteiger partial charge in [0.1, 0.15) is 6.23 Å². The Labute approximate surface area is 101 Å². The number of aromatic nitrogens is 2. The standard InChI is InChI=1S/C13H19N3O/c1-3-4-5-13(17-2)16-12-7-6-11(14)8-10(12)9-15-16/h6-9,13H,3-5,14H2,1-2H3. The van der Waals surface area contributed by atoms with Gasteiger partial charge in [-0.1, -0.05) is 13.3 Å².